The van der Waals surface area contributed by atoms with Crippen LogP contribution in [0.15, 0.2) is 29.3 Å². The molecule has 4 heteroatoms. The molecule has 1 heterocycles. The van der Waals surface area contributed by atoms with Gasteiger partial charge in [0.25, 0.3) is 0 Å². The zero-order chi connectivity index (χ0) is 9.97. The van der Waals surface area contributed by atoms with E-state index in [-0.39, 0.29) is 5.82 Å². The maximum atomic E-state index is 13.2. The Kier molecular flexibility index (Phi) is 2.72. The van der Waals surface area contributed by atoms with Crippen molar-refractivity contribution in [1.82, 2.24) is 0 Å². The number of anilines is 1. The lowest BCUT2D eigenvalue weighted by Gasteiger charge is -2.04. The first kappa shape index (κ1) is 9.52. The number of hydrogen-bond acceptors (Lipinski definition) is 3. The van der Waals surface area contributed by atoms with Gasteiger partial charge in [0.05, 0.1) is 11.7 Å². The molecule has 0 aliphatic carbocycles. The Balaban J connectivity index is 2.12. The summed E-state index contributed by atoms with van der Waals surface area (Å²) in [7, 11) is 0. The van der Waals surface area contributed by atoms with Crippen molar-refractivity contribution in [2.24, 2.45) is 4.99 Å². The quantitative estimate of drug-likeness (QED) is 0.770. The van der Waals surface area contributed by atoms with Gasteiger partial charge in [-0.3, -0.25) is 4.99 Å². The van der Waals surface area contributed by atoms with Crippen molar-refractivity contribution in [3.63, 3.8) is 0 Å². The highest BCUT2D eigenvalue weighted by Crippen LogP contribution is 2.21. The first-order valence-corrected chi connectivity index (χ1v) is 5.46. The summed E-state index contributed by atoms with van der Waals surface area (Å²) in [4.78, 5) is 4.33. The maximum Gasteiger partial charge on any atom is 0.161 e. The normalized spacial score (nSPS) is 20.7. The molecule has 1 aromatic carbocycles. The third kappa shape index (κ3) is 2.07. The van der Waals surface area contributed by atoms with E-state index in [9.17, 15) is 4.39 Å². The van der Waals surface area contributed by atoms with E-state index in [1.807, 2.05) is 6.92 Å². The largest absolute Gasteiger partial charge is 0.333 e. The molecule has 0 aromatic heterocycles. The Labute approximate surface area is 86.6 Å². The Morgan fingerprint density at radius 1 is 1.50 bits per heavy atom. The third-order valence-corrected chi connectivity index (χ3v) is 3.04. The average Bonchev–Trinajstić information content (AvgIpc) is 2.56. The predicted molar refractivity (Wildman–Crippen MR) is 59.4 cm³/mol. The van der Waals surface area contributed by atoms with Crippen LogP contribution >= 0.6 is 11.8 Å². The van der Waals surface area contributed by atoms with E-state index >= 15 is 0 Å². The highest BCUT2D eigenvalue weighted by Gasteiger charge is 2.14. The van der Waals surface area contributed by atoms with Gasteiger partial charge in [0.2, 0.25) is 0 Å². The topological polar surface area (TPSA) is 24.4 Å². The summed E-state index contributed by atoms with van der Waals surface area (Å²) in [5.41, 5.74) is 0.493. The number of thioether (sulfide) groups is 1. The minimum Gasteiger partial charge on any atom is -0.333 e. The second-order valence-electron chi connectivity index (χ2n) is 3.20. The van der Waals surface area contributed by atoms with Crippen LogP contribution in [0.3, 0.4) is 0 Å². The van der Waals surface area contributed by atoms with E-state index < -0.39 is 0 Å². The average molecular weight is 210 g/mol. The lowest BCUT2D eigenvalue weighted by atomic mass is 10.3. The van der Waals surface area contributed by atoms with E-state index in [1.165, 1.54) is 6.07 Å². The molecule has 1 aromatic rings. The summed E-state index contributed by atoms with van der Waals surface area (Å²) in [5.74, 6) is 0.729. The molecule has 2 nitrogen and oxygen atoms in total. The molecule has 14 heavy (non-hydrogen) atoms. The Morgan fingerprint density at radius 3 is 2.93 bits per heavy atom. The third-order valence-electron chi connectivity index (χ3n) is 1.91. The van der Waals surface area contributed by atoms with Gasteiger partial charge >= 0.3 is 0 Å². The smallest absolute Gasteiger partial charge is 0.161 e. The van der Waals surface area contributed by atoms with Gasteiger partial charge in [0.15, 0.2) is 5.17 Å². The second kappa shape index (κ2) is 4.00. The van der Waals surface area contributed by atoms with Gasteiger partial charge in [-0.25, -0.2) is 4.39 Å². The van der Waals surface area contributed by atoms with Crippen LogP contribution in [-0.2, 0) is 0 Å². The summed E-state index contributed by atoms with van der Waals surface area (Å²) in [6, 6.07) is 6.95. The standard InChI is InChI=1S/C10H11FN2S/c1-7-6-14-10(12-7)13-9-5-3-2-4-8(9)11/h2-5,7H,6H2,1H3,(H,12,13). The van der Waals surface area contributed by atoms with Crippen LogP contribution in [0.5, 0.6) is 0 Å². The van der Waals surface area contributed by atoms with Crippen LogP contribution in [-0.4, -0.2) is 17.0 Å². The molecule has 1 aliphatic rings. The monoisotopic (exact) mass is 210 g/mol. The summed E-state index contributed by atoms with van der Waals surface area (Å²) in [6.45, 7) is 2.04. The maximum absolute atomic E-state index is 13.2. The van der Waals surface area contributed by atoms with E-state index in [2.05, 4.69) is 10.3 Å². The first-order valence-electron chi connectivity index (χ1n) is 4.48. The molecule has 74 valence electrons. The van der Waals surface area contributed by atoms with Gasteiger partial charge in [0, 0.05) is 5.75 Å². The number of nitrogens with one attached hydrogen (secondary N) is 1. The second-order valence-corrected chi connectivity index (χ2v) is 4.21. The van der Waals surface area contributed by atoms with Crippen molar-refractivity contribution < 1.29 is 4.39 Å². The molecule has 0 radical (unpaired) electrons. The predicted octanol–water partition coefficient (Wildman–Crippen LogP) is 2.73. The molecule has 0 saturated heterocycles. The van der Waals surface area contributed by atoms with E-state index in [4.69, 9.17) is 0 Å². The van der Waals surface area contributed by atoms with Gasteiger partial charge in [-0.2, -0.15) is 0 Å². The van der Waals surface area contributed by atoms with Crippen LogP contribution in [0.4, 0.5) is 10.1 Å². The van der Waals surface area contributed by atoms with Crippen LogP contribution in [0.25, 0.3) is 0 Å². The highest BCUT2D eigenvalue weighted by molar-refractivity contribution is 8.14. The molecule has 0 spiro atoms. The van der Waals surface area contributed by atoms with Gasteiger partial charge in [-0.05, 0) is 19.1 Å². The summed E-state index contributed by atoms with van der Waals surface area (Å²) < 4.78 is 13.2. The number of halogens is 1. The fraction of sp³-hybridized carbons (Fsp3) is 0.300. The zero-order valence-electron chi connectivity index (χ0n) is 7.83. The number of para-hydroxylation sites is 1. The molecule has 0 bridgehead atoms. The van der Waals surface area contributed by atoms with Gasteiger partial charge in [-0.15, -0.1) is 0 Å². The lowest BCUT2D eigenvalue weighted by Crippen LogP contribution is -2.06. The van der Waals surface area contributed by atoms with Crippen molar-refractivity contribution >= 4 is 22.6 Å². The van der Waals surface area contributed by atoms with Crippen molar-refractivity contribution in [2.75, 3.05) is 11.1 Å². The van der Waals surface area contributed by atoms with Crippen molar-refractivity contribution in [3.05, 3.63) is 30.1 Å². The summed E-state index contributed by atoms with van der Waals surface area (Å²) in [6.07, 6.45) is 0. The van der Waals surface area contributed by atoms with E-state index in [0.717, 1.165) is 10.9 Å². The molecule has 1 N–H and O–H groups in total. The minimum atomic E-state index is -0.240. The van der Waals surface area contributed by atoms with Crippen molar-refractivity contribution in [2.45, 2.75) is 13.0 Å². The van der Waals surface area contributed by atoms with Crippen LogP contribution < -0.4 is 5.32 Å². The van der Waals surface area contributed by atoms with Crippen LogP contribution in [0.2, 0.25) is 0 Å². The molecule has 2 rings (SSSR count). The van der Waals surface area contributed by atoms with Gasteiger partial charge in [-0.1, -0.05) is 23.9 Å². The number of nitrogens with zero attached hydrogens (tertiary/aromatic N) is 1. The van der Waals surface area contributed by atoms with Crippen molar-refractivity contribution in [1.29, 1.82) is 0 Å². The molecule has 1 atom stereocenters. The Hall–Kier alpha value is -1.03. The Bertz CT molecular complexity index is 365. The molecule has 1 unspecified atom stereocenters. The molecule has 1 aliphatic heterocycles. The highest BCUT2D eigenvalue weighted by atomic mass is 32.2. The fourth-order valence-corrected chi connectivity index (χ4v) is 2.13. The number of hydrogen-bond donors (Lipinski definition) is 1. The summed E-state index contributed by atoms with van der Waals surface area (Å²) >= 11 is 1.63. The fourth-order valence-electron chi connectivity index (χ4n) is 1.22. The van der Waals surface area contributed by atoms with Crippen molar-refractivity contribution in [3.8, 4) is 0 Å². The van der Waals surface area contributed by atoms with E-state index in [0.29, 0.717) is 11.7 Å². The van der Waals surface area contributed by atoms with Crippen LogP contribution in [0, 0.1) is 5.82 Å². The Morgan fingerprint density at radius 2 is 2.29 bits per heavy atom. The minimum absolute atomic E-state index is 0.240. The zero-order valence-corrected chi connectivity index (χ0v) is 8.64. The van der Waals surface area contributed by atoms with E-state index in [1.54, 1.807) is 30.0 Å². The number of rotatable bonds is 1. The molecular weight excluding hydrogens is 199 g/mol. The lowest BCUT2D eigenvalue weighted by molar-refractivity contribution is 0.632. The van der Waals surface area contributed by atoms with Gasteiger partial charge in [0.1, 0.15) is 5.82 Å². The summed E-state index contributed by atoms with van der Waals surface area (Å²) in [5, 5.41) is 3.79. The molecule has 0 saturated carbocycles. The molecule has 0 amide bonds. The van der Waals surface area contributed by atoms with Crippen LogP contribution in [0.1, 0.15) is 6.92 Å². The number of amidine groups is 1. The first-order chi connectivity index (χ1) is 6.75. The van der Waals surface area contributed by atoms with Gasteiger partial charge < -0.3 is 5.32 Å². The number of benzene rings is 1. The molecule has 0 fully saturated rings. The SMILES string of the molecule is CC1CSC(Nc2ccccc2F)=N1. The number of aliphatic imine (C=N–C) groups is 1. The molecular formula is C10H11FN2S.